The number of carbonyl (C=O) groups excluding carboxylic acids is 1. The smallest absolute Gasteiger partial charge is 0.407 e. The molecule has 1 amide bonds. The van der Waals surface area contributed by atoms with Crippen LogP contribution in [0.5, 0.6) is 0 Å². The van der Waals surface area contributed by atoms with Crippen LogP contribution in [0.4, 0.5) is 4.79 Å². The van der Waals surface area contributed by atoms with Crippen molar-refractivity contribution < 1.29 is 24.2 Å². The van der Waals surface area contributed by atoms with Crippen LogP contribution in [0.1, 0.15) is 36.3 Å². The van der Waals surface area contributed by atoms with Crippen molar-refractivity contribution in [1.29, 1.82) is 0 Å². The molecule has 0 radical (unpaired) electrons. The van der Waals surface area contributed by atoms with Crippen molar-refractivity contribution in [3.05, 3.63) is 59.7 Å². The van der Waals surface area contributed by atoms with Crippen LogP contribution in [0.25, 0.3) is 11.1 Å². The fraction of sp³-hybridized carbons (Fsp3) is 0.391. The van der Waals surface area contributed by atoms with Crippen molar-refractivity contribution in [1.82, 2.24) is 5.32 Å². The van der Waals surface area contributed by atoms with E-state index in [4.69, 9.17) is 9.47 Å². The van der Waals surface area contributed by atoms with Gasteiger partial charge in [0, 0.05) is 12.3 Å². The summed E-state index contributed by atoms with van der Waals surface area (Å²) in [6, 6.07) is 15.2. The van der Waals surface area contributed by atoms with Gasteiger partial charge in [-0.25, -0.2) is 9.59 Å². The van der Waals surface area contributed by atoms with E-state index in [1.54, 1.807) is 0 Å². The molecule has 3 fully saturated rings. The monoisotopic (exact) mass is 393 g/mol. The molecule has 2 bridgehead atoms. The number of hydrogen-bond acceptors (Lipinski definition) is 4. The van der Waals surface area contributed by atoms with Gasteiger partial charge in [0.15, 0.2) is 0 Å². The maximum absolute atomic E-state index is 12.4. The van der Waals surface area contributed by atoms with E-state index in [1.165, 1.54) is 0 Å². The highest BCUT2D eigenvalue weighted by Crippen LogP contribution is 2.51. The summed E-state index contributed by atoms with van der Waals surface area (Å²) < 4.78 is 11.2. The molecule has 6 nitrogen and oxygen atoms in total. The maximum Gasteiger partial charge on any atom is 0.407 e. The molecule has 6 heteroatoms. The molecule has 2 N–H and O–H groups in total. The molecule has 2 aliphatic carbocycles. The fourth-order valence-electron chi connectivity index (χ4n) is 5.10. The Morgan fingerprint density at radius 2 is 1.72 bits per heavy atom. The lowest BCUT2D eigenvalue weighted by Gasteiger charge is -2.37. The number of nitrogens with one attached hydrogen (secondary N) is 1. The van der Waals surface area contributed by atoms with Gasteiger partial charge >= 0.3 is 12.1 Å². The number of carbonyl (C=O) groups is 2. The summed E-state index contributed by atoms with van der Waals surface area (Å²) in [7, 11) is 0. The predicted octanol–water partition coefficient (Wildman–Crippen LogP) is 3.55. The van der Waals surface area contributed by atoms with E-state index >= 15 is 0 Å². The van der Waals surface area contributed by atoms with E-state index in [0.29, 0.717) is 12.5 Å². The topological polar surface area (TPSA) is 84.9 Å². The van der Waals surface area contributed by atoms with Crippen molar-refractivity contribution in [3.63, 3.8) is 0 Å². The average molecular weight is 393 g/mol. The van der Waals surface area contributed by atoms with Crippen LogP contribution in [0.2, 0.25) is 0 Å². The first-order valence-electron chi connectivity index (χ1n) is 10.0. The number of carboxylic acids is 1. The van der Waals surface area contributed by atoms with Crippen molar-refractivity contribution in [3.8, 4) is 11.1 Å². The molecule has 150 valence electrons. The standard InChI is InChI=1S/C23H23NO5/c25-21(26)20(11-23-9-14(10-23)12-29-23)24-22(27)28-13-19-17-7-3-1-5-15(17)16-6-2-4-8-18(16)19/h1-8,14,19-20H,9-13H2,(H,24,27)(H,25,26). The number of benzene rings is 2. The van der Waals surface area contributed by atoms with Gasteiger partial charge in [-0.3, -0.25) is 0 Å². The third kappa shape index (κ3) is 3.17. The first-order chi connectivity index (χ1) is 14.0. The minimum absolute atomic E-state index is 0.0550. The molecular weight excluding hydrogens is 370 g/mol. The summed E-state index contributed by atoms with van der Waals surface area (Å²) in [5.41, 5.74) is 4.16. The number of hydrogen-bond donors (Lipinski definition) is 2. The van der Waals surface area contributed by atoms with Crippen molar-refractivity contribution in [2.45, 2.75) is 36.8 Å². The molecule has 2 aromatic carbocycles. The van der Waals surface area contributed by atoms with E-state index in [1.807, 2.05) is 36.4 Å². The summed E-state index contributed by atoms with van der Waals surface area (Å²) in [5, 5.41) is 12.1. The molecule has 1 unspecified atom stereocenters. The quantitative estimate of drug-likeness (QED) is 0.784. The van der Waals surface area contributed by atoms with E-state index in [2.05, 4.69) is 17.4 Å². The van der Waals surface area contributed by atoms with Crippen LogP contribution in [0.15, 0.2) is 48.5 Å². The van der Waals surface area contributed by atoms with Crippen molar-refractivity contribution >= 4 is 12.1 Å². The first-order valence-corrected chi connectivity index (χ1v) is 10.0. The number of aliphatic carboxylic acids is 1. The zero-order valence-electron chi connectivity index (χ0n) is 16.0. The Hall–Kier alpha value is -2.86. The van der Waals surface area contributed by atoms with Gasteiger partial charge in [-0.05, 0) is 41.0 Å². The van der Waals surface area contributed by atoms with Crippen LogP contribution < -0.4 is 5.32 Å². The lowest BCUT2D eigenvalue weighted by Crippen LogP contribution is -2.49. The highest BCUT2D eigenvalue weighted by Gasteiger charge is 2.53. The lowest BCUT2D eigenvalue weighted by atomic mass is 9.71. The predicted molar refractivity (Wildman–Crippen MR) is 106 cm³/mol. The van der Waals surface area contributed by atoms with Crippen LogP contribution >= 0.6 is 0 Å². The maximum atomic E-state index is 12.4. The Morgan fingerprint density at radius 3 is 2.28 bits per heavy atom. The third-order valence-corrected chi connectivity index (χ3v) is 6.46. The number of rotatable bonds is 6. The van der Waals surface area contributed by atoms with Gasteiger partial charge < -0.3 is 19.9 Å². The van der Waals surface area contributed by atoms with Gasteiger partial charge in [0.2, 0.25) is 0 Å². The highest BCUT2D eigenvalue weighted by atomic mass is 16.5. The van der Waals surface area contributed by atoms with Gasteiger partial charge in [-0.15, -0.1) is 0 Å². The molecule has 4 aliphatic rings. The second-order valence-corrected chi connectivity index (χ2v) is 8.33. The van der Waals surface area contributed by atoms with Crippen molar-refractivity contribution in [2.24, 2.45) is 5.92 Å². The molecule has 0 spiro atoms. The van der Waals surface area contributed by atoms with E-state index < -0.39 is 18.1 Å². The van der Waals surface area contributed by atoms with Gasteiger partial charge in [0.05, 0.1) is 12.2 Å². The van der Waals surface area contributed by atoms with Gasteiger partial charge in [-0.2, -0.15) is 0 Å². The Balaban J connectivity index is 1.25. The summed E-state index contributed by atoms with van der Waals surface area (Å²) in [4.78, 5) is 24.0. The van der Waals surface area contributed by atoms with E-state index in [0.717, 1.165) is 35.1 Å². The molecule has 0 aromatic heterocycles. The molecule has 29 heavy (non-hydrogen) atoms. The zero-order valence-corrected chi connectivity index (χ0v) is 16.0. The number of fused-ring (bicyclic) bond motifs is 4. The molecule has 6 rings (SSSR count). The molecule has 1 atom stereocenters. The van der Waals surface area contributed by atoms with Crippen LogP contribution in [0, 0.1) is 5.92 Å². The SMILES string of the molecule is O=C(NC(CC12CC(CO1)C2)C(=O)O)OCC1c2ccccc2-c2ccccc21. The molecule has 2 heterocycles. The summed E-state index contributed by atoms with van der Waals surface area (Å²) in [6.07, 6.45) is 1.33. The third-order valence-electron chi connectivity index (χ3n) is 6.46. The Bertz CT molecular complexity index is 914. The highest BCUT2D eigenvalue weighted by molar-refractivity contribution is 5.81. The number of alkyl carbamates (subject to hydrolysis) is 1. The van der Waals surface area contributed by atoms with E-state index in [9.17, 15) is 14.7 Å². The second kappa shape index (κ2) is 6.88. The number of ether oxygens (including phenoxy) is 2. The Morgan fingerprint density at radius 1 is 1.10 bits per heavy atom. The molecular formula is C23H23NO5. The largest absolute Gasteiger partial charge is 0.480 e. The summed E-state index contributed by atoms with van der Waals surface area (Å²) in [5.74, 6) is -0.577. The van der Waals surface area contributed by atoms with Crippen LogP contribution in [-0.4, -0.2) is 42.0 Å². The number of amides is 1. The summed E-state index contributed by atoms with van der Waals surface area (Å²) >= 11 is 0. The second-order valence-electron chi connectivity index (χ2n) is 8.33. The van der Waals surface area contributed by atoms with Crippen molar-refractivity contribution in [2.75, 3.05) is 13.2 Å². The van der Waals surface area contributed by atoms with Crippen LogP contribution in [-0.2, 0) is 14.3 Å². The average Bonchev–Trinajstić information content (AvgIpc) is 3.37. The first kappa shape index (κ1) is 18.2. The van der Waals surface area contributed by atoms with E-state index in [-0.39, 0.29) is 24.5 Å². The Labute approximate surface area is 168 Å². The minimum atomic E-state index is -1.06. The molecule has 2 aliphatic heterocycles. The minimum Gasteiger partial charge on any atom is -0.480 e. The van der Waals surface area contributed by atoms with Gasteiger partial charge in [0.25, 0.3) is 0 Å². The molecule has 1 saturated carbocycles. The molecule has 2 aromatic rings. The fourth-order valence-corrected chi connectivity index (χ4v) is 5.10. The normalized spacial score (nSPS) is 24.9. The lowest BCUT2D eigenvalue weighted by molar-refractivity contribution is -0.141. The zero-order chi connectivity index (χ0) is 20.0. The Kier molecular flexibility index (Phi) is 4.32. The summed E-state index contributed by atoms with van der Waals surface area (Å²) in [6.45, 7) is 0.854. The molecule has 2 saturated heterocycles. The number of carboxylic acid groups (broad SMARTS) is 1. The van der Waals surface area contributed by atoms with Gasteiger partial charge in [0.1, 0.15) is 12.6 Å². The van der Waals surface area contributed by atoms with Gasteiger partial charge in [-0.1, -0.05) is 48.5 Å². The van der Waals surface area contributed by atoms with Crippen LogP contribution in [0.3, 0.4) is 0 Å².